The van der Waals surface area contributed by atoms with Crippen LogP contribution in [-0.2, 0) is 17.9 Å². The van der Waals surface area contributed by atoms with E-state index in [1.165, 1.54) is 49.3 Å². The lowest BCUT2D eigenvalue weighted by atomic mass is 9.98. The molecule has 2 aliphatic rings. The Morgan fingerprint density at radius 2 is 1.65 bits per heavy atom. The maximum atomic E-state index is 12.9. The largest absolute Gasteiger partial charge is 0.478 e. The summed E-state index contributed by atoms with van der Waals surface area (Å²) in [6.07, 6.45) is 13.9. The zero-order valence-corrected chi connectivity index (χ0v) is 38.1. The van der Waals surface area contributed by atoms with Crippen molar-refractivity contribution in [1.82, 2.24) is 24.7 Å². The van der Waals surface area contributed by atoms with Gasteiger partial charge in [-0.3, -0.25) is 15.0 Å². The molecule has 0 aliphatic carbocycles. The second-order valence-electron chi connectivity index (χ2n) is 16.4. The number of ether oxygens (including phenoxy) is 2. The molecule has 3 aromatic carbocycles. The topological polar surface area (TPSA) is 150 Å². The van der Waals surface area contributed by atoms with Crippen molar-refractivity contribution >= 4 is 56.5 Å². The highest BCUT2D eigenvalue weighted by molar-refractivity contribution is 7.17. The number of carboxylic acid groups (broad SMARTS) is 1. The highest BCUT2D eigenvalue weighted by Crippen LogP contribution is 2.34. The van der Waals surface area contributed by atoms with Crippen molar-refractivity contribution in [2.24, 2.45) is 0 Å². The number of hydrogen-bond acceptors (Lipinski definition) is 9. The first-order chi connectivity index (χ1) is 30.5. The van der Waals surface area contributed by atoms with Crippen LogP contribution in [0.3, 0.4) is 0 Å². The monoisotopic (exact) mass is 877 g/mol. The lowest BCUT2D eigenvalue weighted by Crippen LogP contribution is -2.37. The second kappa shape index (κ2) is 23.2. The number of urea groups is 1. The van der Waals surface area contributed by atoms with E-state index in [4.69, 9.17) is 14.6 Å². The van der Waals surface area contributed by atoms with Gasteiger partial charge in [0.25, 0.3) is 5.91 Å². The van der Waals surface area contributed by atoms with Crippen molar-refractivity contribution in [1.29, 1.82) is 0 Å². The number of nitrogens with zero attached hydrogens (tertiary/aromatic N) is 4. The van der Waals surface area contributed by atoms with Gasteiger partial charge < -0.3 is 34.7 Å². The molecule has 14 heteroatoms. The molecule has 0 saturated carbocycles. The van der Waals surface area contributed by atoms with E-state index in [2.05, 4.69) is 61.4 Å². The van der Waals surface area contributed by atoms with E-state index < -0.39 is 5.97 Å². The van der Waals surface area contributed by atoms with Crippen molar-refractivity contribution in [2.75, 3.05) is 50.5 Å². The van der Waals surface area contributed by atoms with Crippen LogP contribution in [0.25, 0.3) is 16.5 Å². The highest BCUT2D eigenvalue weighted by atomic mass is 32.1. The van der Waals surface area contributed by atoms with E-state index in [9.17, 15) is 14.4 Å². The molecule has 13 nitrogen and oxygen atoms in total. The quantitative estimate of drug-likeness (QED) is 0.0716. The fraction of sp³-hybridized carbons (Fsp3) is 0.429. The summed E-state index contributed by atoms with van der Waals surface area (Å²) in [5, 5.41) is 19.7. The molecule has 3 amide bonds. The lowest BCUT2D eigenvalue weighted by molar-refractivity contribution is 0.0696. The first-order valence-corrected chi connectivity index (χ1v) is 23.1. The number of likely N-dealkylation sites (tertiary alicyclic amines) is 1. The molecule has 0 bridgehead atoms. The normalized spacial score (nSPS) is 14.6. The number of methoxy groups -OCH3 is 1. The van der Waals surface area contributed by atoms with E-state index in [1.807, 2.05) is 56.3 Å². The van der Waals surface area contributed by atoms with E-state index in [1.54, 1.807) is 37.6 Å². The molecule has 0 radical (unpaired) electrons. The number of carbonyl (C=O) groups excluding carboxylic acids is 2. The molecule has 0 atom stereocenters. The molecule has 7 rings (SSSR count). The minimum Gasteiger partial charge on any atom is -0.478 e. The van der Waals surface area contributed by atoms with Gasteiger partial charge in [0.15, 0.2) is 5.13 Å². The van der Waals surface area contributed by atoms with Crippen LogP contribution in [0, 0.1) is 0 Å². The number of carbonyl (C=O) groups is 3. The molecule has 4 heterocycles. The Morgan fingerprint density at radius 3 is 2.33 bits per heavy atom. The minimum absolute atomic E-state index is 0.127. The smallest absolute Gasteiger partial charge is 0.335 e. The minimum atomic E-state index is -0.866. The molecule has 63 heavy (non-hydrogen) atoms. The average molecular weight is 878 g/mol. The molecule has 2 aromatic heterocycles. The number of fused-ring (bicyclic) bond motifs is 1. The van der Waals surface area contributed by atoms with Crippen LogP contribution in [0.4, 0.5) is 15.6 Å². The number of thiazole rings is 1. The van der Waals surface area contributed by atoms with Gasteiger partial charge in [0.05, 0.1) is 18.4 Å². The number of carboxylic acids is 1. The summed E-state index contributed by atoms with van der Waals surface area (Å²) in [6, 6.07) is 20.9. The van der Waals surface area contributed by atoms with Crippen molar-refractivity contribution in [3.05, 3.63) is 107 Å². The summed E-state index contributed by atoms with van der Waals surface area (Å²) in [7, 11) is 1.60. The van der Waals surface area contributed by atoms with Gasteiger partial charge in [0, 0.05) is 72.7 Å². The number of nitrogens with one attached hydrogen (secondary N) is 3. The van der Waals surface area contributed by atoms with Gasteiger partial charge in [0.2, 0.25) is 5.06 Å². The van der Waals surface area contributed by atoms with Gasteiger partial charge >= 0.3 is 12.0 Å². The van der Waals surface area contributed by atoms with E-state index in [-0.39, 0.29) is 18.0 Å². The fourth-order valence-corrected chi connectivity index (χ4v) is 8.62. The molecule has 2 aliphatic heterocycles. The number of piperidine rings is 1. The summed E-state index contributed by atoms with van der Waals surface area (Å²) in [6.45, 7) is 15.5. The number of rotatable bonds is 17. The van der Waals surface area contributed by atoms with Gasteiger partial charge in [-0.1, -0.05) is 49.8 Å². The molecule has 1 fully saturated rings. The first kappa shape index (κ1) is 47.0. The summed E-state index contributed by atoms with van der Waals surface area (Å²) in [4.78, 5) is 45.6. The predicted molar refractivity (Wildman–Crippen MR) is 253 cm³/mol. The standard InChI is InChI=1S/C32H41N5O4S.C17H22N2O2/c1-6-26(7-2)34-31(39)35-27-12-13-28(25(18-27)20-40-5)41-29-19-33-32(42-29)36-30(38)24-10-8-22(9-11-24)23-14-16-37(17-15-23)21(3)4;20-17(21)15-5-6-16-14(13-15)7-12-19(16)11-4-10-18-8-2-1-3-9-18/h8-14,18-19,21,26H,6-7,15-17,20H2,1-5H3,(H,33,36,38)(H2,34,35,39);5-7,12-13H,1-4,8-11H2,(H,20,21). The van der Waals surface area contributed by atoms with Crippen LogP contribution in [0.2, 0.25) is 0 Å². The number of hydrogen-bond donors (Lipinski definition) is 4. The Morgan fingerprint density at radius 1 is 0.889 bits per heavy atom. The Balaban J connectivity index is 0.000000261. The summed E-state index contributed by atoms with van der Waals surface area (Å²) in [5.41, 5.74) is 5.92. The molecular formula is C49H63N7O6S. The molecule has 336 valence electrons. The van der Waals surface area contributed by atoms with Crippen molar-refractivity contribution in [3.8, 4) is 10.8 Å². The van der Waals surface area contributed by atoms with Crippen LogP contribution in [0.1, 0.15) is 104 Å². The van der Waals surface area contributed by atoms with Crippen molar-refractivity contribution < 1.29 is 29.0 Å². The number of aryl methyl sites for hydroxylation is 1. The average Bonchev–Trinajstić information content (AvgIpc) is 3.93. The molecule has 0 unspecified atom stereocenters. The fourth-order valence-electron chi connectivity index (χ4n) is 7.94. The van der Waals surface area contributed by atoms with Crippen LogP contribution in [0.5, 0.6) is 10.8 Å². The van der Waals surface area contributed by atoms with Gasteiger partial charge in [-0.25, -0.2) is 14.6 Å². The summed E-state index contributed by atoms with van der Waals surface area (Å²) < 4.78 is 13.7. The maximum Gasteiger partial charge on any atom is 0.335 e. The lowest BCUT2D eigenvalue weighted by Gasteiger charge is -2.29. The number of aromatic nitrogens is 2. The Hall–Kier alpha value is -5.54. The molecule has 1 saturated heterocycles. The SMILES string of the molecule is CCC(CC)NC(=O)Nc1ccc(Oc2cnc(NC(=O)c3ccc(C4=CCN(C(C)C)CC4)cc3)s2)c(COC)c1.O=C(O)c1ccc2c(ccn2CCCN2CCCCC2)c1. The number of amides is 3. The molecule has 0 spiro atoms. The third-order valence-electron chi connectivity index (χ3n) is 11.7. The Labute approximate surface area is 375 Å². The van der Waals surface area contributed by atoms with Crippen molar-refractivity contribution in [3.63, 3.8) is 0 Å². The van der Waals surface area contributed by atoms with Crippen LogP contribution in [-0.4, -0.2) is 94.3 Å². The van der Waals surface area contributed by atoms with Gasteiger partial charge in [-0.05, 0) is 138 Å². The molecule has 4 N–H and O–H groups in total. The van der Waals surface area contributed by atoms with Crippen LogP contribution < -0.4 is 20.7 Å². The van der Waals surface area contributed by atoms with E-state index in [0.717, 1.165) is 73.9 Å². The van der Waals surface area contributed by atoms with Crippen LogP contribution >= 0.6 is 11.3 Å². The third-order valence-corrected chi connectivity index (χ3v) is 12.5. The highest BCUT2D eigenvalue weighted by Gasteiger charge is 2.18. The molecular weight excluding hydrogens is 815 g/mol. The Bertz CT molecular complexity index is 2310. The zero-order chi connectivity index (χ0) is 44.7. The van der Waals surface area contributed by atoms with Gasteiger partial charge in [0.1, 0.15) is 5.75 Å². The third kappa shape index (κ3) is 13.5. The summed E-state index contributed by atoms with van der Waals surface area (Å²) in [5.74, 6) is -0.517. The van der Waals surface area contributed by atoms with Crippen LogP contribution in [0.15, 0.2) is 85.2 Å². The van der Waals surface area contributed by atoms with E-state index >= 15 is 0 Å². The van der Waals surface area contributed by atoms with E-state index in [0.29, 0.717) is 45.4 Å². The molecule has 5 aromatic rings. The summed E-state index contributed by atoms with van der Waals surface area (Å²) >= 11 is 1.23. The van der Waals surface area contributed by atoms with Crippen molar-refractivity contribution in [2.45, 2.75) is 97.9 Å². The van der Waals surface area contributed by atoms with Gasteiger partial charge in [-0.15, -0.1) is 0 Å². The Kier molecular flexibility index (Phi) is 17.3. The second-order valence-corrected chi connectivity index (χ2v) is 17.4. The zero-order valence-electron chi connectivity index (χ0n) is 37.3. The predicted octanol–water partition coefficient (Wildman–Crippen LogP) is 10.4. The van der Waals surface area contributed by atoms with Gasteiger partial charge in [-0.2, -0.15) is 0 Å². The first-order valence-electron chi connectivity index (χ1n) is 22.3. The maximum absolute atomic E-state index is 12.9. The number of anilines is 2. The number of benzene rings is 3. The number of aromatic carboxylic acids is 1.